The average Bonchev–Trinajstić information content (AvgIpc) is 2.41. The largest absolute Gasteiger partial charge is 0.383 e. The van der Waals surface area contributed by atoms with Gasteiger partial charge in [-0.25, -0.2) is 0 Å². The van der Waals surface area contributed by atoms with Gasteiger partial charge in [-0.05, 0) is 39.3 Å². The summed E-state index contributed by atoms with van der Waals surface area (Å²) < 4.78 is 5.02. The molecule has 21 heavy (non-hydrogen) atoms. The van der Waals surface area contributed by atoms with Crippen molar-refractivity contribution >= 4 is 30.7 Å². The molecule has 0 bridgehead atoms. The second-order valence-electron chi connectivity index (χ2n) is 5.56. The number of rotatable bonds is 8. The molecule has 7 heteroatoms. The van der Waals surface area contributed by atoms with E-state index in [1.54, 1.807) is 7.11 Å². The van der Waals surface area contributed by atoms with Crippen molar-refractivity contribution in [3.05, 3.63) is 0 Å². The van der Waals surface area contributed by atoms with E-state index in [0.717, 1.165) is 58.3 Å². The van der Waals surface area contributed by atoms with E-state index in [9.17, 15) is 4.79 Å². The Bertz CT molecular complexity index is 271. The number of likely N-dealkylation sites (N-methyl/N-ethyl adjacent to an activating group) is 1. The van der Waals surface area contributed by atoms with E-state index in [0.29, 0.717) is 0 Å². The predicted octanol–water partition coefficient (Wildman–Crippen LogP) is 1.43. The van der Waals surface area contributed by atoms with Gasteiger partial charge in [-0.2, -0.15) is 0 Å². The summed E-state index contributed by atoms with van der Waals surface area (Å²) in [5.74, 6) is 0.324. The smallest absolute Gasteiger partial charge is 0.223 e. The molecule has 0 spiro atoms. The number of nitrogens with zero attached hydrogens (tertiary/aromatic N) is 1. The van der Waals surface area contributed by atoms with Gasteiger partial charge in [-0.15, -0.1) is 24.8 Å². The molecule has 128 valence electrons. The van der Waals surface area contributed by atoms with Gasteiger partial charge in [-0.1, -0.05) is 6.42 Å². The number of ether oxygens (including phenoxy) is 1. The van der Waals surface area contributed by atoms with Crippen LogP contribution in [0, 0.1) is 5.92 Å². The number of nitrogens with two attached hydrogens (primary N) is 1. The zero-order valence-corrected chi connectivity index (χ0v) is 14.8. The predicted molar refractivity (Wildman–Crippen MR) is 91.4 cm³/mol. The quantitative estimate of drug-likeness (QED) is 0.654. The van der Waals surface area contributed by atoms with Crippen molar-refractivity contribution in [3.8, 4) is 0 Å². The van der Waals surface area contributed by atoms with Crippen LogP contribution in [0.15, 0.2) is 0 Å². The third-order valence-electron chi connectivity index (χ3n) is 3.78. The highest BCUT2D eigenvalue weighted by Gasteiger charge is 2.24. The molecule has 1 rings (SSSR count). The lowest BCUT2D eigenvalue weighted by Gasteiger charge is -2.25. The van der Waals surface area contributed by atoms with Crippen molar-refractivity contribution in [2.75, 3.05) is 40.4 Å². The fourth-order valence-corrected chi connectivity index (χ4v) is 2.53. The van der Waals surface area contributed by atoms with Crippen molar-refractivity contribution in [2.45, 2.75) is 38.1 Å². The summed E-state index contributed by atoms with van der Waals surface area (Å²) in [6.45, 7) is 3.42. The summed E-state index contributed by atoms with van der Waals surface area (Å²) >= 11 is 0. The Hall–Kier alpha value is -0.0700. The molecule has 0 aromatic carbocycles. The molecule has 2 unspecified atom stereocenters. The van der Waals surface area contributed by atoms with Crippen LogP contribution in [-0.2, 0) is 9.53 Å². The van der Waals surface area contributed by atoms with Gasteiger partial charge in [0.05, 0.1) is 6.61 Å². The summed E-state index contributed by atoms with van der Waals surface area (Å²) in [5, 5.41) is 3.03. The van der Waals surface area contributed by atoms with E-state index in [2.05, 4.69) is 17.3 Å². The molecule has 0 heterocycles. The number of carbonyl (C=O) groups excluding carboxylic acids is 1. The van der Waals surface area contributed by atoms with Gasteiger partial charge < -0.3 is 20.7 Å². The third kappa shape index (κ3) is 10.3. The second-order valence-corrected chi connectivity index (χ2v) is 5.56. The third-order valence-corrected chi connectivity index (χ3v) is 3.78. The molecular formula is C14H31Cl2N3O2. The highest BCUT2D eigenvalue weighted by molar-refractivity contribution is 5.85. The maximum atomic E-state index is 12.0. The van der Waals surface area contributed by atoms with Gasteiger partial charge in [0.1, 0.15) is 0 Å². The fourth-order valence-electron chi connectivity index (χ4n) is 2.53. The van der Waals surface area contributed by atoms with E-state index in [4.69, 9.17) is 10.5 Å². The standard InChI is InChI=1S/C14H29N3O2.2ClH/c1-17(9-10-19-2)8-4-7-16-14(18)12-5-3-6-13(15)11-12;;/h12-13H,3-11,15H2,1-2H3,(H,16,18);2*1H. The second kappa shape index (κ2) is 13.6. The summed E-state index contributed by atoms with van der Waals surface area (Å²) in [6, 6.07) is 0.213. The minimum Gasteiger partial charge on any atom is -0.383 e. The summed E-state index contributed by atoms with van der Waals surface area (Å²) in [7, 11) is 3.78. The molecule has 0 radical (unpaired) electrons. The van der Waals surface area contributed by atoms with Crippen molar-refractivity contribution in [2.24, 2.45) is 11.7 Å². The van der Waals surface area contributed by atoms with E-state index >= 15 is 0 Å². The fraction of sp³-hybridized carbons (Fsp3) is 0.929. The van der Waals surface area contributed by atoms with Gasteiger partial charge in [0.25, 0.3) is 0 Å². The number of methoxy groups -OCH3 is 1. The number of carbonyl (C=O) groups is 1. The number of nitrogens with one attached hydrogen (secondary N) is 1. The van der Waals surface area contributed by atoms with Crippen molar-refractivity contribution < 1.29 is 9.53 Å². The first-order valence-corrected chi connectivity index (χ1v) is 7.34. The lowest BCUT2D eigenvalue weighted by Crippen LogP contribution is -2.38. The van der Waals surface area contributed by atoms with Crippen LogP contribution in [0.1, 0.15) is 32.1 Å². The molecule has 1 saturated carbocycles. The average molecular weight is 344 g/mol. The molecular weight excluding hydrogens is 313 g/mol. The molecule has 0 aliphatic heterocycles. The minimum absolute atomic E-state index is 0. The monoisotopic (exact) mass is 343 g/mol. The Morgan fingerprint density at radius 3 is 2.67 bits per heavy atom. The van der Waals surface area contributed by atoms with Gasteiger partial charge in [0.2, 0.25) is 5.91 Å². The van der Waals surface area contributed by atoms with Crippen LogP contribution in [0.3, 0.4) is 0 Å². The maximum Gasteiger partial charge on any atom is 0.223 e. The highest BCUT2D eigenvalue weighted by Crippen LogP contribution is 2.22. The molecule has 1 fully saturated rings. The van der Waals surface area contributed by atoms with Crippen LogP contribution < -0.4 is 11.1 Å². The first-order chi connectivity index (χ1) is 9.13. The van der Waals surface area contributed by atoms with Crippen LogP contribution >= 0.6 is 24.8 Å². The zero-order chi connectivity index (χ0) is 14.1. The van der Waals surface area contributed by atoms with Crippen molar-refractivity contribution in [1.29, 1.82) is 0 Å². The lowest BCUT2D eigenvalue weighted by molar-refractivity contribution is -0.126. The molecule has 1 aliphatic carbocycles. The van der Waals surface area contributed by atoms with Crippen LogP contribution in [0.5, 0.6) is 0 Å². The number of halogens is 2. The molecule has 1 amide bonds. The van der Waals surface area contributed by atoms with Gasteiger partial charge in [-0.3, -0.25) is 4.79 Å². The van der Waals surface area contributed by atoms with Gasteiger partial charge in [0.15, 0.2) is 0 Å². The Labute approximate surface area is 141 Å². The number of hydrogen-bond donors (Lipinski definition) is 2. The van der Waals surface area contributed by atoms with Crippen LogP contribution in [0.4, 0.5) is 0 Å². The first kappa shape index (κ1) is 23.2. The van der Waals surface area contributed by atoms with Gasteiger partial charge in [0, 0.05) is 32.2 Å². The molecule has 0 aromatic heterocycles. The molecule has 5 nitrogen and oxygen atoms in total. The lowest BCUT2D eigenvalue weighted by atomic mass is 9.85. The highest BCUT2D eigenvalue weighted by atomic mass is 35.5. The van der Waals surface area contributed by atoms with E-state index < -0.39 is 0 Å². The Kier molecular flexibility index (Phi) is 15.0. The summed E-state index contributed by atoms with van der Waals surface area (Å²) in [4.78, 5) is 14.2. The molecule has 2 atom stereocenters. The molecule has 0 aromatic rings. The Balaban J connectivity index is 0. The van der Waals surface area contributed by atoms with Gasteiger partial charge >= 0.3 is 0 Å². The van der Waals surface area contributed by atoms with Crippen molar-refractivity contribution in [3.63, 3.8) is 0 Å². The topological polar surface area (TPSA) is 67.6 Å². The van der Waals surface area contributed by atoms with Crippen LogP contribution in [0.25, 0.3) is 0 Å². The number of amides is 1. The van der Waals surface area contributed by atoms with Crippen molar-refractivity contribution in [1.82, 2.24) is 10.2 Å². The summed E-state index contributed by atoms with van der Waals surface area (Å²) in [6.07, 6.45) is 4.96. The maximum absolute atomic E-state index is 12.0. The Morgan fingerprint density at radius 2 is 2.05 bits per heavy atom. The van der Waals surface area contributed by atoms with E-state index in [1.807, 2.05) is 0 Å². The zero-order valence-electron chi connectivity index (χ0n) is 13.2. The van der Waals surface area contributed by atoms with Crippen LogP contribution in [-0.4, -0.2) is 57.2 Å². The van der Waals surface area contributed by atoms with E-state index in [1.165, 1.54) is 0 Å². The number of hydrogen-bond acceptors (Lipinski definition) is 4. The molecule has 0 saturated heterocycles. The van der Waals surface area contributed by atoms with Crippen LogP contribution in [0.2, 0.25) is 0 Å². The molecule has 3 N–H and O–H groups in total. The first-order valence-electron chi connectivity index (χ1n) is 7.34. The van der Waals surface area contributed by atoms with E-state index in [-0.39, 0.29) is 42.7 Å². The SMILES string of the molecule is COCCN(C)CCCNC(=O)C1CCCC(N)C1.Cl.Cl. The minimum atomic E-state index is 0. The molecule has 1 aliphatic rings. The summed E-state index contributed by atoms with van der Waals surface area (Å²) in [5.41, 5.74) is 5.91. The normalized spacial score (nSPS) is 21.3. The Morgan fingerprint density at radius 1 is 1.33 bits per heavy atom.